The van der Waals surface area contributed by atoms with E-state index in [0.29, 0.717) is 5.75 Å². The molecule has 1 heterocycles. The summed E-state index contributed by atoms with van der Waals surface area (Å²) < 4.78 is 5.09. The van der Waals surface area contributed by atoms with E-state index in [-0.39, 0.29) is 5.97 Å². The minimum atomic E-state index is -0.361. The van der Waals surface area contributed by atoms with Crippen LogP contribution in [0.5, 0.6) is 5.75 Å². The molecule has 0 saturated carbocycles. The van der Waals surface area contributed by atoms with Gasteiger partial charge in [0, 0.05) is 11.0 Å². The van der Waals surface area contributed by atoms with Crippen LogP contribution in [-0.4, -0.2) is 5.97 Å². The molecule has 0 fully saturated rings. The summed E-state index contributed by atoms with van der Waals surface area (Å²) in [5.41, 5.74) is 0. The first-order valence-corrected chi connectivity index (χ1v) is 6.71. The minimum Gasteiger partial charge on any atom is -0.423 e. The summed E-state index contributed by atoms with van der Waals surface area (Å²) in [6.07, 6.45) is 3.18. The third kappa shape index (κ3) is 4.97. The highest BCUT2D eigenvalue weighted by molar-refractivity contribution is 7.10. The van der Waals surface area contributed by atoms with Crippen molar-refractivity contribution in [2.45, 2.75) is 13.8 Å². The Bertz CT molecular complexity index is 472. The number of rotatable bonds is 3. The Morgan fingerprint density at radius 1 is 1.11 bits per heavy atom. The standard InChI is InChI=1S/C13H10O2S.C2H6/c14-13(9-8-12-7-4-10-16-12)15-11-5-2-1-3-6-11;1-2/h1-10H;1-2H3/b9-8+;. The number of para-hydroxylation sites is 1. The van der Waals surface area contributed by atoms with E-state index in [1.54, 1.807) is 29.5 Å². The van der Waals surface area contributed by atoms with Gasteiger partial charge in [-0.3, -0.25) is 0 Å². The molecule has 0 saturated heterocycles. The van der Waals surface area contributed by atoms with Crippen molar-refractivity contribution < 1.29 is 9.53 Å². The van der Waals surface area contributed by atoms with Crippen molar-refractivity contribution in [3.63, 3.8) is 0 Å². The maximum Gasteiger partial charge on any atom is 0.336 e. The van der Waals surface area contributed by atoms with Crippen molar-refractivity contribution in [2.75, 3.05) is 0 Å². The molecule has 0 radical (unpaired) electrons. The predicted octanol–water partition coefficient (Wildman–Crippen LogP) is 4.39. The zero-order valence-electron chi connectivity index (χ0n) is 10.5. The molecule has 0 atom stereocenters. The number of carbonyl (C=O) groups excluding carboxylic acids is 1. The lowest BCUT2D eigenvalue weighted by molar-refractivity contribution is -0.128. The largest absolute Gasteiger partial charge is 0.423 e. The summed E-state index contributed by atoms with van der Waals surface area (Å²) in [7, 11) is 0. The molecule has 0 bridgehead atoms. The van der Waals surface area contributed by atoms with Crippen molar-refractivity contribution in [2.24, 2.45) is 0 Å². The van der Waals surface area contributed by atoms with Gasteiger partial charge in [0.15, 0.2) is 0 Å². The number of hydrogen-bond donors (Lipinski definition) is 0. The second-order valence-corrected chi connectivity index (χ2v) is 4.06. The van der Waals surface area contributed by atoms with Gasteiger partial charge in [-0.05, 0) is 29.7 Å². The maximum atomic E-state index is 11.4. The van der Waals surface area contributed by atoms with Gasteiger partial charge in [-0.1, -0.05) is 38.1 Å². The van der Waals surface area contributed by atoms with Crippen LogP contribution in [-0.2, 0) is 4.79 Å². The van der Waals surface area contributed by atoms with Gasteiger partial charge >= 0.3 is 5.97 Å². The van der Waals surface area contributed by atoms with Crippen LogP contribution in [0.15, 0.2) is 53.9 Å². The summed E-state index contributed by atoms with van der Waals surface area (Å²) in [4.78, 5) is 12.4. The number of ether oxygens (including phenoxy) is 1. The fourth-order valence-electron chi connectivity index (χ4n) is 1.17. The first-order valence-electron chi connectivity index (χ1n) is 5.83. The lowest BCUT2D eigenvalue weighted by atomic mass is 10.3. The van der Waals surface area contributed by atoms with E-state index in [9.17, 15) is 4.79 Å². The molecule has 18 heavy (non-hydrogen) atoms. The number of carbonyl (C=O) groups is 1. The van der Waals surface area contributed by atoms with E-state index in [0.717, 1.165) is 4.88 Å². The fraction of sp³-hybridized carbons (Fsp3) is 0.133. The van der Waals surface area contributed by atoms with Gasteiger partial charge in [0.2, 0.25) is 0 Å². The number of thiophene rings is 1. The Hall–Kier alpha value is -1.87. The Morgan fingerprint density at radius 3 is 2.44 bits per heavy atom. The number of hydrogen-bond acceptors (Lipinski definition) is 3. The van der Waals surface area contributed by atoms with Gasteiger partial charge in [-0.15, -0.1) is 11.3 Å². The van der Waals surface area contributed by atoms with Crippen LogP contribution in [0.4, 0.5) is 0 Å². The number of esters is 1. The Kier molecular flexibility index (Phi) is 6.51. The molecular weight excluding hydrogens is 244 g/mol. The zero-order valence-corrected chi connectivity index (χ0v) is 11.3. The highest BCUT2D eigenvalue weighted by atomic mass is 32.1. The molecule has 0 unspecified atom stereocenters. The third-order valence-electron chi connectivity index (χ3n) is 1.89. The lowest BCUT2D eigenvalue weighted by Crippen LogP contribution is -2.02. The molecule has 0 spiro atoms. The van der Waals surface area contributed by atoms with E-state index >= 15 is 0 Å². The molecule has 0 N–H and O–H groups in total. The van der Waals surface area contributed by atoms with Crippen LogP contribution in [0, 0.1) is 0 Å². The second-order valence-electron chi connectivity index (χ2n) is 3.08. The summed E-state index contributed by atoms with van der Waals surface area (Å²) in [5.74, 6) is 0.197. The summed E-state index contributed by atoms with van der Waals surface area (Å²) >= 11 is 1.58. The van der Waals surface area contributed by atoms with E-state index in [2.05, 4.69) is 0 Å². The predicted molar refractivity (Wildman–Crippen MR) is 76.8 cm³/mol. The van der Waals surface area contributed by atoms with Gasteiger partial charge in [0.1, 0.15) is 5.75 Å². The summed E-state index contributed by atoms with van der Waals surface area (Å²) in [5, 5.41) is 1.96. The number of benzene rings is 1. The van der Waals surface area contributed by atoms with Crippen LogP contribution < -0.4 is 4.74 Å². The lowest BCUT2D eigenvalue weighted by Gasteiger charge is -1.98. The maximum absolute atomic E-state index is 11.4. The van der Waals surface area contributed by atoms with E-state index in [1.807, 2.05) is 49.6 Å². The van der Waals surface area contributed by atoms with E-state index in [4.69, 9.17) is 4.74 Å². The highest BCUT2D eigenvalue weighted by Crippen LogP contribution is 2.12. The zero-order chi connectivity index (χ0) is 13.2. The molecule has 0 aliphatic rings. The van der Waals surface area contributed by atoms with Gasteiger partial charge in [0.05, 0.1) is 0 Å². The average molecular weight is 260 g/mol. The molecule has 2 rings (SSSR count). The molecular formula is C15H16O2S. The van der Waals surface area contributed by atoms with Crippen molar-refractivity contribution in [3.8, 4) is 5.75 Å². The third-order valence-corrected chi connectivity index (χ3v) is 2.73. The van der Waals surface area contributed by atoms with Crippen molar-refractivity contribution in [3.05, 3.63) is 58.8 Å². The van der Waals surface area contributed by atoms with Crippen LogP contribution >= 0.6 is 11.3 Å². The molecule has 2 aromatic rings. The quantitative estimate of drug-likeness (QED) is 0.464. The SMILES string of the molecule is CC.O=C(/C=C/c1cccs1)Oc1ccccc1. The van der Waals surface area contributed by atoms with E-state index < -0.39 is 0 Å². The molecule has 0 amide bonds. The molecule has 3 heteroatoms. The molecule has 0 aliphatic heterocycles. The van der Waals surface area contributed by atoms with Crippen LogP contribution in [0.25, 0.3) is 6.08 Å². The van der Waals surface area contributed by atoms with Crippen molar-refractivity contribution >= 4 is 23.4 Å². The van der Waals surface area contributed by atoms with Gasteiger partial charge in [-0.25, -0.2) is 4.79 Å². The van der Waals surface area contributed by atoms with Gasteiger partial charge in [0.25, 0.3) is 0 Å². The molecule has 2 nitrogen and oxygen atoms in total. The van der Waals surface area contributed by atoms with E-state index in [1.165, 1.54) is 6.08 Å². The molecule has 94 valence electrons. The molecule has 1 aromatic heterocycles. The first kappa shape index (κ1) is 14.2. The monoisotopic (exact) mass is 260 g/mol. The fourth-order valence-corrected chi connectivity index (χ4v) is 1.79. The highest BCUT2D eigenvalue weighted by Gasteiger charge is 1.98. The molecule has 1 aromatic carbocycles. The van der Waals surface area contributed by atoms with Crippen molar-refractivity contribution in [1.29, 1.82) is 0 Å². The Morgan fingerprint density at radius 2 is 1.83 bits per heavy atom. The average Bonchev–Trinajstić information content (AvgIpc) is 2.93. The Labute approximate surface area is 112 Å². The van der Waals surface area contributed by atoms with Crippen LogP contribution in [0.2, 0.25) is 0 Å². The van der Waals surface area contributed by atoms with Crippen molar-refractivity contribution in [1.82, 2.24) is 0 Å². The van der Waals surface area contributed by atoms with Gasteiger partial charge < -0.3 is 4.74 Å². The second kappa shape index (κ2) is 8.25. The van der Waals surface area contributed by atoms with Crippen LogP contribution in [0.1, 0.15) is 18.7 Å². The smallest absolute Gasteiger partial charge is 0.336 e. The Balaban J connectivity index is 0.000000771. The molecule has 0 aliphatic carbocycles. The minimum absolute atomic E-state index is 0.361. The summed E-state index contributed by atoms with van der Waals surface area (Å²) in [6, 6.07) is 12.9. The normalized spacial score (nSPS) is 9.67. The topological polar surface area (TPSA) is 26.3 Å². The summed E-state index contributed by atoms with van der Waals surface area (Å²) in [6.45, 7) is 4.00. The first-order chi connectivity index (χ1) is 8.84. The van der Waals surface area contributed by atoms with Gasteiger partial charge in [-0.2, -0.15) is 0 Å². The van der Waals surface area contributed by atoms with Crippen LogP contribution in [0.3, 0.4) is 0 Å².